The first kappa shape index (κ1) is 14.7. The molecule has 1 atom stereocenters. The summed E-state index contributed by atoms with van der Waals surface area (Å²) in [6.45, 7) is 6.02. The SMILES string of the molecule is CC(=O)CC1CCCCCN1CCc1scnc1C. The van der Waals surface area contributed by atoms with Gasteiger partial charge in [0.2, 0.25) is 0 Å². The summed E-state index contributed by atoms with van der Waals surface area (Å²) in [7, 11) is 0. The van der Waals surface area contributed by atoms with Gasteiger partial charge in [-0.3, -0.25) is 9.69 Å². The standard InChI is InChI=1S/C15H24N2OS/c1-12(18)10-14-6-4-3-5-8-17(14)9-7-15-13(2)16-11-19-15/h11,14H,3-10H2,1-2H3. The Hall–Kier alpha value is -0.740. The number of hydrogen-bond donors (Lipinski definition) is 0. The number of carbonyl (C=O) groups is 1. The lowest BCUT2D eigenvalue weighted by atomic mass is 10.0. The van der Waals surface area contributed by atoms with Crippen molar-refractivity contribution in [1.82, 2.24) is 9.88 Å². The monoisotopic (exact) mass is 280 g/mol. The van der Waals surface area contributed by atoms with E-state index in [0.29, 0.717) is 11.8 Å². The van der Waals surface area contributed by atoms with Gasteiger partial charge in [-0.15, -0.1) is 11.3 Å². The molecule has 0 bridgehead atoms. The Morgan fingerprint density at radius 3 is 3.00 bits per heavy atom. The molecule has 0 amide bonds. The first-order valence-electron chi connectivity index (χ1n) is 7.29. The number of nitrogens with zero attached hydrogens (tertiary/aromatic N) is 2. The van der Waals surface area contributed by atoms with Crippen LogP contribution in [0, 0.1) is 6.92 Å². The fourth-order valence-electron chi connectivity index (χ4n) is 2.91. The Labute approximate surface area is 120 Å². The van der Waals surface area contributed by atoms with Crippen molar-refractivity contribution < 1.29 is 4.79 Å². The fraction of sp³-hybridized carbons (Fsp3) is 0.733. The molecule has 19 heavy (non-hydrogen) atoms. The van der Waals surface area contributed by atoms with Crippen LogP contribution >= 0.6 is 11.3 Å². The summed E-state index contributed by atoms with van der Waals surface area (Å²) in [5, 5.41) is 0. The zero-order chi connectivity index (χ0) is 13.7. The van der Waals surface area contributed by atoms with E-state index < -0.39 is 0 Å². The highest BCUT2D eigenvalue weighted by Gasteiger charge is 2.22. The highest BCUT2D eigenvalue weighted by Crippen LogP contribution is 2.21. The van der Waals surface area contributed by atoms with Crippen LogP contribution in [0.2, 0.25) is 0 Å². The molecule has 0 radical (unpaired) electrons. The maximum absolute atomic E-state index is 11.4. The van der Waals surface area contributed by atoms with E-state index in [4.69, 9.17) is 0 Å². The summed E-state index contributed by atoms with van der Waals surface area (Å²) in [6, 6.07) is 0.466. The van der Waals surface area contributed by atoms with Gasteiger partial charge in [-0.1, -0.05) is 12.8 Å². The number of thiazole rings is 1. The van der Waals surface area contributed by atoms with Gasteiger partial charge in [-0.2, -0.15) is 0 Å². The molecule has 1 unspecified atom stereocenters. The van der Waals surface area contributed by atoms with Crippen molar-refractivity contribution in [3.05, 3.63) is 16.1 Å². The molecule has 0 N–H and O–H groups in total. The third-order valence-electron chi connectivity index (χ3n) is 3.99. The van der Waals surface area contributed by atoms with Gasteiger partial charge >= 0.3 is 0 Å². The molecule has 0 saturated carbocycles. The van der Waals surface area contributed by atoms with Gasteiger partial charge < -0.3 is 0 Å². The second kappa shape index (κ2) is 7.15. The zero-order valence-corrected chi connectivity index (χ0v) is 12.8. The Kier molecular flexibility index (Phi) is 5.52. The predicted molar refractivity (Wildman–Crippen MR) is 79.7 cm³/mol. The number of carbonyl (C=O) groups excluding carboxylic acids is 1. The topological polar surface area (TPSA) is 33.2 Å². The first-order chi connectivity index (χ1) is 9.16. The summed E-state index contributed by atoms with van der Waals surface area (Å²) in [5.74, 6) is 0.325. The Balaban J connectivity index is 1.94. The minimum Gasteiger partial charge on any atom is -0.300 e. The fourth-order valence-corrected chi connectivity index (χ4v) is 3.68. The Morgan fingerprint density at radius 1 is 1.47 bits per heavy atom. The maximum Gasteiger partial charge on any atom is 0.131 e. The molecule has 106 valence electrons. The predicted octanol–water partition coefficient (Wildman–Crippen LogP) is 3.22. The molecule has 1 aliphatic heterocycles. The van der Waals surface area contributed by atoms with Crippen LogP contribution in [0.4, 0.5) is 0 Å². The lowest BCUT2D eigenvalue weighted by Gasteiger charge is -2.29. The molecule has 1 aromatic heterocycles. The van der Waals surface area contributed by atoms with Gasteiger partial charge in [0.1, 0.15) is 5.78 Å². The quantitative estimate of drug-likeness (QED) is 0.830. The largest absolute Gasteiger partial charge is 0.300 e. The molecular formula is C15H24N2OS. The van der Waals surface area contributed by atoms with Crippen molar-refractivity contribution in [2.24, 2.45) is 0 Å². The summed E-state index contributed by atoms with van der Waals surface area (Å²) in [5.41, 5.74) is 3.10. The zero-order valence-electron chi connectivity index (χ0n) is 12.0. The number of hydrogen-bond acceptors (Lipinski definition) is 4. The minimum absolute atomic E-state index is 0.325. The number of aromatic nitrogens is 1. The highest BCUT2D eigenvalue weighted by atomic mass is 32.1. The van der Waals surface area contributed by atoms with E-state index >= 15 is 0 Å². The molecule has 3 nitrogen and oxygen atoms in total. The summed E-state index contributed by atoms with van der Waals surface area (Å²) in [6.07, 6.45) is 6.84. The van der Waals surface area contributed by atoms with E-state index in [1.54, 1.807) is 18.3 Å². The molecule has 1 saturated heterocycles. The number of rotatable bonds is 5. The molecule has 1 aromatic rings. The number of Topliss-reactive ketones (excluding diaryl/α,β-unsaturated/α-hetero) is 1. The first-order valence-corrected chi connectivity index (χ1v) is 8.17. The second-order valence-electron chi connectivity index (χ2n) is 5.56. The molecule has 1 aliphatic rings. The maximum atomic E-state index is 11.4. The minimum atomic E-state index is 0.325. The Bertz CT molecular complexity index is 416. The van der Waals surface area contributed by atoms with E-state index in [1.807, 2.05) is 5.51 Å². The lowest BCUT2D eigenvalue weighted by molar-refractivity contribution is -0.118. The Morgan fingerprint density at radius 2 is 2.32 bits per heavy atom. The number of likely N-dealkylation sites (tertiary alicyclic amines) is 1. The highest BCUT2D eigenvalue weighted by molar-refractivity contribution is 7.09. The number of ketones is 1. The third kappa shape index (κ3) is 4.39. The van der Waals surface area contributed by atoms with E-state index in [-0.39, 0.29) is 0 Å². The second-order valence-corrected chi connectivity index (χ2v) is 6.50. The summed E-state index contributed by atoms with van der Waals surface area (Å²) in [4.78, 5) is 19.7. The molecule has 0 aromatic carbocycles. The average Bonchev–Trinajstić information content (AvgIpc) is 2.64. The van der Waals surface area contributed by atoms with Crippen LogP contribution in [0.3, 0.4) is 0 Å². The van der Waals surface area contributed by atoms with Gasteiger partial charge in [-0.05, 0) is 39.7 Å². The van der Waals surface area contributed by atoms with E-state index in [0.717, 1.165) is 25.9 Å². The van der Waals surface area contributed by atoms with Gasteiger partial charge in [0.25, 0.3) is 0 Å². The molecule has 2 heterocycles. The smallest absolute Gasteiger partial charge is 0.131 e. The average molecular weight is 280 g/mol. The van der Waals surface area contributed by atoms with E-state index in [9.17, 15) is 4.79 Å². The van der Waals surface area contributed by atoms with Crippen LogP contribution in [-0.4, -0.2) is 34.8 Å². The van der Waals surface area contributed by atoms with Gasteiger partial charge in [0.15, 0.2) is 0 Å². The molecular weight excluding hydrogens is 256 g/mol. The van der Waals surface area contributed by atoms with Crippen molar-refractivity contribution in [1.29, 1.82) is 0 Å². The van der Waals surface area contributed by atoms with Crippen molar-refractivity contribution in [3.63, 3.8) is 0 Å². The van der Waals surface area contributed by atoms with Crippen LogP contribution in [0.15, 0.2) is 5.51 Å². The molecule has 2 rings (SSSR count). The van der Waals surface area contributed by atoms with Crippen molar-refractivity contribution in [2.45, 2.75) is 58.4 Å². The van der Waals surface area contributed by atoms with Crippen LogP contribution in [-0.2, 0) is 11.2 Å². The van der Waals surface area contributed by atoms with Crippen molar-refractivity contribution in [2.75, 3.05) is 13.1 Å². The molecule has 0 aliphatic carbocycles. The number of aryl methyl sites for hydroxylation is 1. The van der Waals surface area contributed by atoms with Gasteiger partial charge in [0.05, 0.1) is 11.2 Å². The molecule has 4 heteroatoms. The van der Waals surface area contributed by atoms with E-state index in [1.165, 1.54) is 36.3 Å². The van der Waals surface area contributed by atoms with Gasteiger partial charge in [0, 0.05) is 23.9 Å². The summed E-state index contributed by atoms with van der Waals surface area (Å²) < 4.78 is 0. The van der Waals surface area contributed by atoms with E-state index in [2.05, 4.69) is 16.8 Å². The normalized spacial score (nSPS) is 21.3. The lowest BCUT2D eigenvalue weighted by Crippen LogP contribution is -2.37. The van der Waals surface area contributed by atoms with Crippen LogP contribution in [0.5, 0.6) is 0 Å². The molecule has 0 spiro atoms. The molecule has 1 fully saturated rings. The van der Waals surface area contributed by atoms with Gasteiger partial charge in [-0.25, -0.2) is 4.98 Å². The van der Waals surface area contributed by atoms with Crippen LogP contribution in [0.25, 0.3) is 0 Å². The van der Waals surface area contributed by atoms with Crippen LogP contribution in [0.1, 0.15) is 49.6 Å². The van der Waals surface area contributed by atoms with Crippen molar-refractivity contribution >= 4 is 17.1 Å². The van der Waals surface area contributed by atoms with Crippen molar-refractivity contribution in [3.8, 4) is 0 Å². The summed E-state index contributed by atoms with van der Waals surface area (Å²) >= 11 is 1.75. The third-order valence-corrected chi connectivity index (χ3v) is 4.99. The van der Waals surface area contributed by atoms with Crippen LogP contribution < -0.4 is 0 Å².